The van der Waals surface area contributed by atoms with Crippen LogP contribution in [0.15, 0.2) is 18.2 Å². The molecule has 4 heteroatoms. The van der Waals surface area contributed by atoms with Gasteiger partial charge in [0.25, 0.3) is 0 Å². The molecule has 4 nitrogen and oxygen atoms in total. The minimum Gasteiger partial charge on any atom is -0.491 e. The smallest absolute Gasteiger partial charge is 0.146 e. The van der Waals surface area contributed by atoms with E-state index in [1.807, 2.05) is 32.3 Å². The van der Waals surface area contributed by atoms with E-state index in [2.05, 4.69) is 11.8 Å². The van der Waals surface area contributed by atoms with Crippen molar-refractivity contribution in [2.24, 2.45) is 0 Å². The Kier molecular flexibility index (Phi) is 5.63. The maximum Gasteiger partial charge on any atom is 0.146 e. The van der Waals surface area contributed by atoms with Gasteiger partial charge < -0.3 is 20.1 Å². The molecule has 0 radical (unpaired) electrons. The number of nitrogens with zero attached hydrogens (tertiary/aromatic N) is 1. The molecule has 0 saturated heterocycles. The van der Waals surface area contributed by atoms with Crippen LogP contribution >= 0.6 is 0 Å². The van der Waals surface area contributed by atoms with Crippen molar-refractivity contribution < 1.29 is 9.47 Å². The molecule has 17 heavy (non-hydrogen) atoms. The van der Waals surface area contributed by atoms with Crippen molar-refractivity contribution in [3.63, 3.8) is 0 Å². The summed E-state index contributed by atoms with van der Waals surface area (Å²) in [4.78, 5) is 2.06. The standard InChI is InChI=1S/C13H22N2O2/c1-4-9-16-11-6-5-7-12(13(11)14)17-10-8-15(2)3/h5-7H,4,8-10,14H2,1-3H3. The third kappa shape index (κ3) is 4.53. The van der Waals surface area contributed by atoms with Gasteiger partial charge in [0.05, 0.1) is 6.61 Å². The van der Waals surface area contributed by atoms with E-state index in [1.54, 1.807) is 0 Å². The lowest BCUT2D eigenvalue weighted by atomic mass is 10.2. The van der Waals surface area contributed by atoms with E-state index in [-0.39, 0.29) is 0 Å². The van der Waals surface area contributed by atoms with Gasteiger partial charge >= 0.3 is 0 Å². The zero-order valence-electron chi connectivity index (χ0n) is 10.9. The molecule has 0 amide bonds. The highest BCUT2D eigenvalue weighted by Gasteiger charge is 2.06. The number of anilines is 1. The van der Waals surface area contributed by atoms with Crippen LogP contribution in [0.1, 0.15) is 13.3 Å². The Balaban J connectivity index is 2.59. The van der Waals surface area contributed by atoms with Gasteiger partial charge in [-0.25, -0.2) is 0 Å². The minimum absolute atomic E-state index is 0.583. The Bertz CT molecular complexity index is 340. The molecule has 96 valence electrons. The molecule has 2 N–H and O–H groups in total. The molecule has 0 bridgehead atoms. The van der Waals surface area contributed by atoms with Crippen molar-refractivity contribution in [1.82, 2.24) is 4.90 Å². The first-order valence-electron chi connectivity index (χ1n) is 5.94. The number of likely N-dealkylation sites (N-methyl/N-ethyl adjacent to an activating group) is 1. The van der Waals surface area contributed by atoms with E-state index in [1.165, 1.54) is 0 Å². The molecule has 1 aromatic rings. The molecule has 0 aliphatic rings. The maximum absolute atomic E-state index is 5.98. The summed E-state index contributed by atoms with van der Waals surface area (Å²) in [5, 5.41) is 0. The van der Waals surface area contributed by atoms with Crippen molar-refractivity contribution in [3.05, 3.63) is 18.2 Å². The van der Waals surface area contributed by atoms with E-state index < -0.39 is 0 Å². The number of ether oxygens (including phenoxy) is 2. The lowest BCUT2D eigenvalue weighted by molar-refractivity contribution is 0.260. The fraction of sp³-hybridized carbons (Fsp3) is 0.538. The molecule has 0 heterocycles. The number of nitrogen functional groups attached to an aromatic ring is 1. The number of nitrogens with two attached hydrogens (primary N) is 1. The monoisotopic (exact) mass is 238 g/mol. The molecular formula is C13H22N2O2. The SMILES string of the molecule is CCCOc1cccc(OCCN(C)C)c1N. The van der Waals surface area contributed by atoms with Gasteiger partial charge in [0.15, 0.2) is 0 Å². The van der Waals surface area contributed by atoms with Gasteiger partial charge in [-0.3, -0.25) is 0 Å². The summed E-state index contributed by atoms with van der Waals surface area (Å²) in [6.45, 7) is 4.22. The highest BCUT2D eigenvalue weighted by molar-refractivity contribution is 5.62. The highest BCUT2D eigenvalue weighted by Crippen LogP contribution is 2.31. The highest BCUT2D eigenvalue weighted by atomic mass is 16.5. The Morgan fingerprint density at radius 3 is 2.24 bits per heavy atom. The van der Waals surface area contributed by atoms with Crippen LogP contribution < -0.4 is 15.2 Å². The molecule has 0 aliphatic heterocycles. The fourth-order valence-corrected chi connectivity index (χ4v) is 1.33. The molecule has 0 spiro atoms. The van der Waals surface area contributed by atoms with Crippen LogP contribution in [0.2, 0.25) is 0 Å². The number of hydrogen-bond acceptors (Lipinski definition) is 4. The van der Waals surface area contributed by atoms with E-state index >= 15 is 0 Å². The Morgan fingerprint density at radius 1 is 1.12 bits per heavy atom. The van der Waals surface area contributed by atoms with Gasteiger partial charge in [-0.2, -0.15) is 0 Å². The van der Waals surface area contributed by atoms with Gasteiger partial charge in [0.1, 0.15) is 23.8 Å². The van der Waals surface area contributed by atoms with Gasteiger partial charge in [-0.05, 0) is 32.6 Å². The number of hydrogen-bond donors (Lipinski definition) is 1. The molecular weight excluding hydrogens is 216 g/mol. The summed E-state index contributed by atoms with van der Waals surface area (Å²) in [5.41, 5.74) is 6.56. The third-order valence-electron chi connectivity index (χ3n) is 2.28. The van der Waals surface area contributed by atoms with E-state index in [0.29, 0.717) is 30.4 Å². The zero-order valence-corrected chi connectivity index (χ0v) is 10.9. The summed E-state index contributed by atoms with van der Waals surface area (Å²) >= 11 is 0. The van der Waals surface area contributed by atoms with E-state index in [4.69, 9.17) is 15.2 Å². The Morgan fingerprint density at radius 2 is 1.71 bits per heavy atom. The molecule has 0 fully saturated rings. The first kappa shape index (κ1) is 13.6. The Hall–Kier alpha value is -1.42. The Labute approximate surface area is 103 Å². The van der Waals surface area contributed by atoms with E-state index in [9.17, 15) is 0 Å². The van der Waals surface area contributed by atoms with Crippen LogP contribution in [0.3, 0.4) is 0 Å². The second-order valence-electron chi connectivity index (χ2n) is 4.17. The number of benzene rings is 1. The molecule has 0 aliphatic carbocycles. The van der Waals surface area contributed by atoms with Crippen LogP contribution in [0.4, 0.5) is 5.69 Å². The lowest BCUT2D eigenvalue weighted by Gasteiger charge is -2.14. The minimum atomic E-state index is 0.583. The first-order chi connectivity index (χ1) is 8.15. The lowest BCUT2D eigenvalue weighted by Crippen LogP contribution is -2.19. The molecule has 1 rings (SSSR count). The molecule has 0 atom stereocenters. The maximum atomic E-state index is 5.98. The average Bonchev–Trinajstić information content (AvgIpc) is 2.29. The molecule has 0 aromatic heterocycles. The van der Waals surface area contributed by atoms with Crippen LogP contribution in [-0.2, 0) is 0 Å². The van der Waals surface area contributed by atoms with Crippen molar-refractivity contribution in [1.29, 1.82) is 0 Å². The number of rotatable bonds is 7. The second kappa shape index (κ2) is 7.01. The second-order valence-corrected chi connectivity index (χ2v) is 4.17. The number of para-hydroxylation sites is 1. The van der Waals surface area contributed by atoms with Crippen LogP contribution in [0, 0.1) is 0 Å². The van der Waals surface area contributed by atoms with Gasteiger partial charge in [-0.1, -0.05) is 13.0 Å². The summed E-state index contributed by atoms with van der Waals surface area (Å²) in [6, 6.07) is 5.62. The summed E-state index contributed by atoms with van der Waals surface area (Å²) in [5.74, 6) is 1.40. The summed E-state index contributed by atoms with van der Waals surface area (Å²) < 4.78 is 11.2. The van der Waals surface area contributed by atoms with Crippen molar-refractivity contribution >= 4 is 5.69 Å². The summed E-state index contributed by atoms with van der Waals surface area (Å²) in [6.07, 6.45) is 0.963. The topological polar surface area (TPSA) is 47.7 Å². The van der Waals surface area contributed by atoms with Crippen LogP contribution in [-0.4, -0.2) is 38.8 Å². The van der Waals surface area contributed by atoms with E-state index in [0.717, 1.165) is 13.0 Å². The largest absolute Gasteiger partial charge is 0.491 e. The van der Waals surface area contributed by atoms with Gasteiger partial charge in [0.2, 0.25) is 0 Å². The molecule has 0 unspecified atom stereocenters. The van der Waals surface area contributed by atoms with Crippen LogP contribution in [0.5, 0.6) is 11.5 Å². The molecule has 0 saturated carbocycles. The predicted octanol–water partition coefficient (Wildman–Crippen LogP) is 2.00. The summed E-state index contributed by atoms with van der Waals surface area (Å²) in [7, 11) is 4.01. The normalized spacial score (nSPS) is 10.6. The van der Waals surface area contributed by atoms with Crippen LogP contribution in [0.25, 0.3) is 0 Å². The third-order valence-corrected chi connectivity index (χ3v) is 2.28. The van der Waals surface area contributed by atoms with Gasteiger partial charge in [-0.15, -0.1) is 0 Å². The average molecular weight is 238 g/mol. The van der Waals surface area contributed by atoms with Crippen molar-refractivity contribution in [3.8, 4) is 11.5 Å². The zero-order chi connectivity index (χ0) is 12.7. The quantitative estimate of drug-likeness (QED) is 0.738. The molecule has 1 aromatic carbocycles. The fourth-order valence-electron chi connectivity index (χ4n) is 1.33. The predicted molar refractivity (Wildman–Crippen MR) is 70.7 cm³/mol. The first-order valence-corrected chi connectivity index (χ1v) is 5.94. The van der Waals surface area contributed by atoms with Crippen molar-refractivity contribution in [2.75, 3.05) is 39.6 Å². The van der Waals surface area contributed by atoms with Gasteiger partial charge in [0, 0.05) is 6.54 Å². The van der Waals surface area contributed by atoms with Crippen molar-refractivity contribution in [2.45, 2.75) is 13.3 Å².